The molecule has 2 amide bonds. The van der Waals surface area contributed by atoms with E-state index in [0.29, 0.717) is 0 Å². The summed E-state index contributed by atoms with van der Waals surface area (Å²) in [6.07, 6.45) is -1.43. The van der Waals surface area contributed by atoms with Crippen molar-refractivity contribution in [3.8, 4) is 0 Å². The van der Waals surface area contributed by atoms with Gasteiger partial charge in [0.2, 0.25) is 11.8 Å². The van der Waals surface area contributed by atoms with Crippen LogP contribution in [0.5, 0.6) is 0 Å². The smallest absolute Gasteiger partial charge is 0.469 e. The highest BCUT2D eigenvalue weighted by Gasteiger charge is 2.48. The Morgan fingerprint density at radius 1 is 1.18 bits per heavy atom. The van der Waals surface area contributed by atoms with E-state index in [1.165, 1.54) is 14.0 Å². The average molecular weight is 525 g/mol. The highest BCUT2D eigenvalue weighted by atomic mass is 32.2. The van der Waals surface area contributed by atoms with Gasteiger partial charge in [-0.05, 0) is 13.8 Å². The zero-order valence-electron chi connectivity index (χ0n) is 20.0. The fourth-order valence-corrected chi connectivity index (χ4v) is 5.32. The van der Waals surface area contributed by atoms with Crippen LogP contribution in [-0.4, -0.2) is 74.0 Å². The van der Waals surface area contributed by atoms with Gasteiger partial charge in [0.1, 0.15) is 5.78 Å². The van der Waals surface area contributed by atoms with Crippen LogP contribution in [0.2, 0.25) is 0 Å². The topological polar surface area (TPSA) is 163 Å². The number of carbonyl (C=O) groups is 5. The number of ketones is 1. The number of hydrogen-bond acceptors (Lipinski definition) is 11. The van der Waals surface area contributed by atoms with Crippen molar-refractivity contribution in [3.05, 3.63) is 0 Å². The Hall–Kier alpha value is -1.79. The first kappa shape index (κ1) is 30.2. The minimum absolute atomic E-state index is 0.00333. The second kappa shape index (κ2) is 13.9. The van der Waals surface area contributed by atoms with E-state index in [1.54, 1.807) is 20.8 Å². The molecule has 0 aromatic rings. The lowest BCUT2D eigenvalue weighted by Gasteiger charge is -2.39. The largest absolute Gasteiger partial charge is 0.475 e. The quantitative estimate of drug-likeness (QED) is 0.154. The number of phosphoric ester groups is 1. The summed E-state index contributed by atoms with van der Waals surface area (Å²) in [5.74, 6) is -2.87. The second-order valence-electron chi connectivity index (χ2n) is 8.11. The van der Waals surface area contributed by atoms with Crippen LogP contribution in [0.25, 0.3) is 0 Å². The number of carbonyl (C=O) groups excluding carboxylic acids is 5. The molecule has 1 fully saturated rings. The average Bonchev–Trinajstić information content (AvgIpc) is 2.76. The number of nitrogens with one attached hydrogen (secondary N) is 2. The molecule has 1 aliphatic heterocycles. The third-order valence-corrected chi connectivity index (χ3v) is 7.22. The summed E-state index contributed by atoms with van der Waals surface area (Å²) < 4.78 is 32.4. The van der Waals surface area contributed by atoms with E-state index in [2.05, 4.69) is 15.4 Å². The molecule has 14 heteroatoms. The maximum absolute atomic E-state index is 12.5. The molecule has 0 spiro atoms. The first-order valence-corrected chi connectivity index (χ1v) is 13.2. The zero-order valence-corrected chi connectivity index (χ0v) is 21.8. The van der Waals surface area contributed by atoms with Crippen LogP contribution < -0.4 is 10.6 Å². The molecular formula is C20H33N2O10PS. The Kier molecular flexibility index (Phi) is 12.4. The lowest BCUT2D eigenvalue weighted by Crippen LogP contribution is -2.50. The van der Waals surface area contributed by atoms with E-state index >= 15 is 0 Å². The van der Waals surface area contributed by atoms with E-state index in [9.17, 15) is 28.5 Å². The minimum atomic E-state index is -3.82. The van der Waals surface area contributed by atoms with Crippen molar-refractivity contribution < 1.29 is 46.8 Å². The minimum Gasteiger partial charge on any atom is -0.469 e. The molecule has 3 atom stereocenters. The second-order valence-corrected chi connectivity index (χ2v) is 10.8. The Morgan fingerprint density at radius 2 is 1.85 bits per heavy atom. The van der Waals surface area contributed by atoms with Crippen LogP contribution >= 0.6 is 19.6 Å². The van der Waals surface area contributed by atoms with Crippen molar-refractivity contribution in [3.63, 3.8) is 0 Å². The number of phosphoric acid groups is 1. The molecule has 12 nitrogen and oxygen atoms in total. The summed E-state index contributed by atoms with van der Waals surface area (Å²) in [7, 11) is -2.65. The standard InChI is InChI=1S/C20H33N2O10PS/c1-6-30-33(28)31-12-20(3,4)17(32-33)18(26)22-8-7-15(24)21-9-10-34-19(27)14(13(2)23)11-16(25)29-5/h14,17H,6-12H2,1-5H3,(H,21,24)(H,22,26)/t14?,17-,33?/m0/s1. The summed E-state index contributed by atoms with van der Waals surface area (Å²) >= 11 is 0.840. The zero-order chi connectivity index (χ0) is 25.9. The highest BCUT2D eigenvalue weighted by molar-refractivity contribution is 8.13. The van der Waals surface area contributed by atoms with Crippen LogP contribution in [0.15, 0.2) is 0 Å². The van der Waals surface area contributed by atoms with Gasteiger partial charge in [-0.1, -0.05) is 25.6 Å². The maximum atomic E-state index is 12.5. The van der Waals surface area contributed by atoms with E-state index in [4.69, 9.17) is 13.6 Å². The number of hydrogen-bond donors (Lipinski definition) is 2. The molecule has 1 rings (SSSR count). The van der Waals surface area contributed by atoms with E-state index < -0.39 is 48.0 Å². The molecule has 0 aliphatic carbocycles. The summed E-state index contributed by atoms with van der Waals surface area (Å²) in [5.41, 5.74) is -0.757. The maximum Gasteiger partial charge on any atom is 0.475 e. The van der Waals surface area contributed by atoms with Crippen molar-refractivity contribution in [2.75, 3.05) is 39.2 Å². The normalized spacial score (nSPS) is 22.3. The summed E-state index contributed by atoms with van der Waals surface area (Å²) in [6, 6.07) is 0. The number of rotatable bonds is 13. The van der Waals surface area contributed by atoms with Gasteiger partial charge in [-0.2, -0.15) is 0 Å². The molecule has 0 bridgehead atoms. The van der Waals surface area contributed by atoms with E-state index in [-0.39, 0.29) is 50.8 Å². The van der Waals surface area contributed by atoms with Gasteiger partial charge in [0.25, 0.3) is 0 Å². The summed E-state index contributed by atoms with van der Waals surface area (Å²) in [4.78, 5) is 59.6. The first-order chi connectivity index (χ1) is 15.8. The number of esters is 1. The van der Waals surface area contributed by atoms with Crippen molar-refractivity contribution in [2.24, 2.45) is 11.3 Å². The Morgan fingerprint density at radius 3 is 2.44 bits per heavy atom. The molecular weight excluding hydrogens is 491 g/mol. The van der Waals surface area contributed by atoms with Crippen LogP contribution in [-0.2, 0) is 46.8 Å². The van der Waals surface area contributed by atoms with Crippen molar-refractivity contribution in [2.45, 2.75) is 46.6 Å². The van der Waals surface area contributed by atoms with Crippen molar-refractivity contribution in [1.29, 1.82) is 0 Å². The van der Waals surface area contributed by atoms with Gasteiger partial charge in [0.05, 0.1) is 32.7 Å². The number of methoxy groups -OCH3 is 1. The highest BCUT2D eigenvalue weighted by Crippen LogP contribution is 2.57. The van der Waals surface area contributed by atoms with Crippen LogP contribution in [0.1, 0.15) is 40.5 Å². The van der Waals surface area contributed by atoms with Gasteiger partial charge in [-0.3, -0.25) is 37.5 Å². The van der Waals surface area contributed by atoms with Crippen LogP contribution in [0.4, 0.5) is 0 Å². The number of thioether (sulfide) groups is 1. The molecule has 1 saturated heterocycles. The summed E-state index contributed by atoms with van der Waals surface area (Å²) in [6.45, 7) is 6.56. The number of amides is 2. The number of Topliss-reactive ketones (excluding diaryl/α,β-unsaturated/α-hetero) is 1. The monoisotopic (exact) mass is 524 g/mol. The Balaban J connectivity index is 2.38. The van der Waals surface area contributed by atoms with Crippen molar-refractivity contribution in [1.82, 2.24) is 10.6 Å². The lowest BCUT2D eigenvalue weighted by atomic mass is 9.87. The molecule has 0 radical (unpaired) electrons. The van der Waals surface area contributed by atoms with Crippen LogP contribution in [0.3, 0.4) is 0 Å². The third kappa shape index (κ3) is 9.83. The lowest BCUT2D eigenvalue weighted by molar-refractivity contribution is -0.145. The molecule has 0 aromatic carbocycles. The van der Waals surface area contributed by atoms with Gasteiger partial charge in [0, 0.05) is 30.7 Å². The van der Waals surface area contributed by atoms with Gasteiger partial charge in [-0.25, -0.2) is 4.57 Å². The molecule has 0 saturated carbocycles. The third-order valence-electron chi connectivity index (χ3n) is 4.76. The number of ether oxygens (including phenoxy) is 1. The van der Waals surface area contributed by atoms with Gasteiger partial charge >= 0.3 is 13.8 Å². The van der Waals surface area contributed by atoms with Gasteiger partial charge < -0.3 is 15.4 Å². The van der Waals surface area contributed by atoms with E-state index in [1.807, 2.05) is 0 Å². The van der Waals surface area contributed by atoms with E-state index in [0.717, 1.165) is 11.8 Å². The SMILES string of the molecule is CCOP1(=O)OCC(C)(C)[C@H](C(=O)NCCC(=O)NCCSC(=O)C(CC(=O)OC)C(C)=O)O1. The Labute approximate surface area is 203 Å². The molecule has 1 heterocycles. The summed E-state index contributed by atoms with van der Waals surface area (Å²) in [5, 5.41) is 4.71. The predicted octanol–water partition coefficient (Wildman–Crippen LogP) is 1.22. The fraction of sp³-hybridized carbons (Fsp3) is 0.750. The molecule has 194 valence electrons. The molecule has 0 aromatic heterocycles. The van der Waals surface area contributed by atoms with Crippen LogP contribution in [0, 0.1) is 11.3 Å². The fourth-order valence-electron chi connectivity index (χ4n) is 2.82. The predicted molar refractivity (Wildman–Crippen MR) is 123 cm³/mol. The van der Waals surface area contributed by atoms with Crippen molar-refractivity contribution >= 4 is 48.3 Å². The first-order valence-electron chi connectivity index (χ1n) is 10.7. The Bertz CT molecular complexity index is 819. The molecule has 1 aliphatic rings. The van der Waals surface area contributed by atoms with Gasteiger partial charge in [0.15, 0.2) is 11.2 Å². The van der Waals surface area contributed by atoms with Gasteiger partial charge in [-0.15, -0.1) is 0 Å². The molecule has 34 heavy (non-hydrogen) atoms. The molecule has 2 N–H and O–H groups in total. The molecule has 2 unspecified atom stereocenters.